The summed E-state index contributed by atoms with van der Waals surface area (Å²) in [4.78, 5) is 24.3. The summed E-state index contributed by atoms with van der Waals surface area (Å²) < 4.78 is 0. The molecule has 6 heteroatoms. The SMILES string of the molecule is CN(CCN)CC(=O)Nc1ccc(C(N)=O)cc1. The molecule has 98 valence electrons. The van der Waals surface area contributed by atoms with Crippen LogP contribution in [0.25, 0.3) is 0 Å². The van der Waals surface area contributed by atoms with E-state index in [0.29, 0.717) is 24.3 Å². The van der Waals surface area contributed by atoms with Crippen LogP contribution in [0.15, 0.2) is 24.3 Å². The number of carbonyl (C=O) groups excluding carboxylic acids is 2. The van der Waals surface area contributed by atoms with E-state index in [1.54, 1.807) is 24.3 Å². The Hall–Kier alpha value is -1.92. The lowest BCUT2D eigenvalue weighted by Gasteiger charge is -2.14. The second-order valence-electron chi connectivity index (χ2n) is 4.02. The number of benzene rings is 1. The van der Waals surface area contributed by atoms with E-state index in [1.165, 1.54) is 0 Å². The van der Waals surface area contributed by atoms with Crippen LogP contribution in [-0.4, -0.2) is 43.4 Å². The molecule has 0 aliphatic carbocycles. The van der Waals surface area contributed by atoms with Gasteiger partial charge in [0.05, 0.1) is 6.54 Å². The van der Waals surface area contributed by atoms with E-state index in [-0.39, 0.29) is 12.5 Å². The first-order chi connectivity index (χ1) is 8.52. The van der Waals surface area contributed by atoms with Crippen molar-refractivity contribution in [3.8, 4) is 0 Å². The average molecular weight is 250 g/mol. The summed E-state index contributed by atoms with van der Waals surface area (Å²) in [6.07, 6.45) is 0. The molecule has 0 aliphatic rings. The zero-order chi connectivity index (χ0) is 13.5. The van der Waals surface area contributed by atoms with Crippen molar-refractivity contribution in [2.75, 3.05) is 32.0 Å². The number of nitrogens with one attached hydrogen (secondary N) is 1. The summed E-state index contributed by atoms with van der Waals surface area (Å²) >= 11 is 0. The lowest BCUT2D eigenvalue weighted by molar-refractivity contribution is -0.117. The highest BCUT2D eigenvalue weighted by molar-refractivity contribution is 5.95. The molecule has 0 fully saturated rings. The fourth-order valence-corrected chi connectivity index (χ4v) is 1.46. The van der Waals surface area contributed by atoms with Gasteiger partial charge in [-0.05, 0) is 31.3 Å². The Kier molecular flexibility index (Phi) is 5.29. The van der Waals surface area contributed by atoms with Crippen LogP contribution in [0, 0.1) is 0 Å². The van der Waals surface area contributed by atoms with Gasteiger partial charge in [0.15, 0.2) is 0 Å². The number of hydrogen-bond acceptors (Lipinski definition) is 4. The zero-order valence-corrected chi connectivity index (χ0v) is 10.3. The van der Waals surface area contributed by atoms with E-state index in [2.05, 4.69) is 5.32 Å². The van der Waals surface area contributed by atoms with Gasteiger partial charge >= 0.3 is 0 Å². The minimum absolute atomic E-state index is 0.127. The van der Waals surface area contributed by atoms with Gasteiger partial charge in [-0.25, -0.2) is 0 Å². The smallest absolute Gasteiger partial charge is 0.248 e. The Morgan fingerprint density at radius 2 is 1.89 bits per heavy atom. The second kappa shape index (κ2) is 6.73. The summed E-state index contributed by atoms with van der Waals surface area (Å²) in [5.74, 6) is -0.617. The molecule has 5 N–H and O–H groups in total. The van der Waals surface area contributed by atoms with Crippen molar-refractivity contribution in [3.63, 3.8) is 0 Å². The van der Waals surface area contributed by atoms with Crippen molar-refractivity contribution in [3.05, 3.63) is 29.8 Å². The van der Waals surface area contributed by atoms with Gasteiger partial charge in [0.25, 0.3) is 0 Å². The molecule has 18 heavy (non-hydrogen) atoms. The first-order valence-electron chi connectivity index (χ1n) is 5.61. The van der Waals surface area contributed by atoms with Crippen molar-refractivity contribution in [1.29, 1.82) is 0 Å². The van der Waals surface area contributed by atoms with Crippen molar-refractivity contribution in [2.45, 2.75) is 0 Å². The minimum Gasteiger partial charge on any atom is -0.366 e. The predicted octanol–water partition coefficient (Wildman–Crippen LogP) is -0.385. The maximum Gasteiger partial charge on any atom is 0.248 e. The highest BCUT2D eigenvalue weighted by Gasteiger charge is 2.06. The fourth-order valence-electron chi connectivity index (χ4n) is 1.46. The Morgan fingerprint density at radius 1 is 1.28 bits per heavy atom. The molecule has 2 amide bonds. The predicted molar refractivity (Wildman–Crippen MR) is 70.1 cm³/mol. The fraction of sp³-hybridized carbons (Fsp3) is 0.333. The Morgan fingerprint density at radius 3 is 2.39 bits per heavy atom. The summed E-state index contributed by atoms with van der Waals surface area (Å²) in [7, 11) is 1.82. The highest BCUT2D eigenvalue weighted by Crippen LogP contribution is 2.08. The van der Waals surface area contributed by atoms with E-state index in [0.717, 1.165) is 0 Å². The first kappa shape index (κ1) is 14.1. The molecule has 1 aromatic rings. The van der Waals surface area contributed by atoms with Crippen LogP contribution < -0.4 is 16.8 Å². The molecule has 0 bridgehead atoms. The number of carbonyl (C=O) groups is 2. The first-order valence-corrected chi connectivity index (χ1v) is 5.61. The third-order valence-corrected chi connectivity index (χ3v) is 2.38. The lowest BCUT2D eigenvalue weighted by atomic mass is 10.2. The van der Waals surface area contributed by atoms with Crippen LogP contribution in [0.1, 0.15) is 10.4 Å². The molecule has 0 saturated carbocycles. The quantitative estimate of drug-likeness (QED) is 0.640. The topological polar surface area (TPSA) is 101 Å². The third kappa shape index (κ3) is 4.52. The van der Waals surface area contributed by atoms with Gasteiger partial charge in [0, 0.05) is 24.3 Å². The molecular weight excluding hydrogens is 232 g/mol. The van der Waals surface area contributed by atoms with Crippen LogP contribution in [0.4, 0.5) is 5.69 Å². The maximum atomic E-state index is 11.6. The number of anilines is 1. The maximum absolute atomic E-state index is 11.6. The number of primary amides is 1. The lowest BCUT2D eigenvalue weighted by Crippen LogP contribution is -2.33. The van der Waals surface area contributed by atoms with E-state index in [9.17, 15) is 9.59 Å². The van der Waals surface area contributed by atoms with Gasteiger partial charge in [0.1, 0.15) is 0 Å². The number of hydrogen-bond donors (Lipinski definition) is 3. The summed E-state index contributed by atoms with van der Waals surface area (Å²) in [6, 6.07) is 6.42. The van der Waals surface area contributed by atoms with Gasteiger partial charge in [0.2, 0.25) is 11.8 Å². The normalized spacial score (nSPS) is 10.4. The van der Waals surface area contributed by atoms with E-state index < -0.39 is 5.91 Å². The third-order valence-electron chi connectivity index (χ3n) is 2.38. The van der Waals surface area contributed by atoms with Gasteiger partial charge in [-0.15, -0.1) is 0 Å². The van der Waals surface area contributed by atoms with Gasteiger partial charge < -0.3 is 16.8 Å². The summed E-state index contributed by atoms with van der Waals surface area (Å²) in [6.45, 7) is 1.44. The van der Waals surface area contributed by atoms with E-state index in [1.807, 2.05) is 11.9 Å². The largest absolute Gasteiger partial charge is 0.366 e. The molecule has 1 rings (SSSR count). The molecule has 0 unspecified atom stereocenters. The molecule has 0 atom stereocenters. The van der Waals surface area contributed by atoms with Crippen molar-refractivity contribution < 1.29 is 9.59 Å². The number of likely N-dealkylation sites (N-methyl/N-ethyl adjacent to an activating group) is 1. The van der Waals surface area contributed by atoms with Gasteiger partial charge in [-0.1, -0.05) is 0 Å². The number of amides is 2. The molecular formula is C12H18N4O2. The zero-order valence-electron chi connectivity index (χ0n) is 10.3. The van der Waals surface area contributed by atoms with E-state index in [4.69, 9.17) is 11.5 Å². The molecule has 0 aromatic heterocycles. The molecule has 0 heterocycles. The van der Waals surface area contributed by atoms with Crippen LogP contribution in [0.3, 0.4) is 0 Å². The summed E-state index contributed by atoms with van der Waals surface area (Å²) in [5.41, 5.74) is 11.5. The van der Waals surface area contributed by atoms with Crippen molar-refractivity contribution in [1.82, 2.24) is 4.90 Å². The van der Waals surface area contributed by atoms with Gasteiger partial charge in [-0.3, -0.25) is 14.5 Å². The average Bonchev–Trinajstić information content (AvgIpc) is 2.29. The number of nitrogens with two attached hydrogens (primary N) is 2. The van der Waals surface area contributed by atoms with Crippen LogP contribution in [0.5, 0.6) is 0 Å². The second-order valence-corrected chi connectivity index (χ2v) is 4.02. The van der Waals surface area contributed by atoms with Crippen LogP contribution in [0.2, 0.25) is 0 Å². The molecule has 0 saturated heterocycles. The molecule has 1 aromatic carbocycles. The molecule has 0 aliphatic heterocycles. The molecule has 0 radical (unpaired) electrons. The van der Waals surface area contributed by atoms with Crippen molar-refractivity contribution in [2.24, 2.45) is 11.5 Å². The van der Waals surface area contributed by atoms with Crippen LogP contribution >= 0.6 is 0 Å². The Balaban J connectivity index is 2.51. The molecule has 0 spiro atoms. The van der Waals surface area contributed by atoms with E-state index >= 15 is 0 Å². The Bertz CT molecular complexity index is 417. The standard InChI is InChI=1S/C12H18N4O2/c1-16(7-6-13)8-11(17)15-10-4-2-9(3-5-10)12(14)18/h2-5H,6-8,13H2,1H3,(H2,14,18)(H,15,17). The summed E-state index contributed by atoms with van der Waals surface area (Å²) in [5, 5.41) is 2.72. The van der Waals surface area contributed by atoms with Crippen LogP contribution in [-0.2, 0) is 4.79 Å². The van der Waals surface area contributed by atoms with Gasteiger partial charge in [-0.2, -0.15) is 0 Å². The number of nitrogens with zero attached hydrogens (tertiary/aromatic N) is 1. The monoisotopic (exact) mass is 250 g/mol. The molecule has 6 nitrogen and oxygen atoms in total. The highest BCUT2D eigenvalue weighted by atomic mass is 16.2. The number of rotatable bonds is 6. The minimum atomic E-state index is -0.490. The van der Waals surface area contributed by atoms with Crippen molar-refractivity contribution >= 4 is 17.5 Å². The Labute approximate surface area is 106 Å².